The molecule has 1 aromatic carbocycles. The van der Waals surface area contributed by atoms with Crippen LogP contribution in [0.1, 0.15) is 12.8 Å². The number of hydrogen-bond donors (Lipinski definition) is 2. The molecule has 1 atom stereocenters. The summed E-state index contributed by atoms with van der Waals surface area (Å²) in [6.45, 7) is 1.04. The van der Waals surface area contributed by atoms with E-state index in [4.69, 9.17) is 0 Å². The van der Waals surface area contributed by atoms with E-state index in [0.717, 1.165) is 25.1 Å². The van der Waals surface area contributed by atoms with Crippen LogP contribution in [-0.4, -0.2) is 26.8 Å². The molecule has 0 aromatic heterocycles. The lowest BCUT2D eigenvalue weighted by Gasteiger charge is -2.23. The first kappa shape index (κ1) is 14.7. The van der Waals surface area contributed by atoms with Gasteiger partial charge in [-0.15, -0.1) is 0 Å². The highest BCUT2D eigenvalue weighted by Crippen LogP contribution is 2.26. The summed E-state index contributed by atoms with van der Waals surface area (Å²) >= 11 is 2.94. The molecule has 1 heterocycles. The number of nitrogens with one attached hydrogen (secondary N) is 2. The Hall–Kier alpha value is -0.730. The van der Waals surface area contributed by atoms with E-state index in [9.17, 15) is 17.2 Å². The monoisotopic (exact) mass is 354 g/mol. The first-order chi connectivity index (χ1) is 8.90. The van der Waals surface area contributed by atoms with Crippen LogP contribution in [0.15, 0.2) is 16.6 Å². The minimum absolute atomic E-state index is 0.213. The number of hydrogen-bond acceptors (Lipinski definition) is 3. The molecule has 0 spiro atoms. The molecule has 1 aliphatic heterocycles. The van der Waals surface area contributed by atoms with E-state index in [1.807, 2.05) is 4.72 Å². The summed E-state index contributed by atoms with van der Waals surface area (Å²) in [5, 5.41) is 2.27. The van der Waals surface area contributed by atoms with Gasteiger partial charge in [0, 0.05) is 11.0 Å². The first-order valence-corrected chi connectivity index (χ1v) is 8.11. The van der Waals surface area contributed by atoms with Crippen molar-refractivity contribution in [3.8, 4) is 0 Å². The van der Waals surface area contributed by atoms with Crippen molar-refractivity contribution in [2.45, 2.75) is 18.1 Å². The minimum Gasteiger partial charge on any atom is -0.315 e. The summed E-state index contributed by atoms with van der Waals surface area (Å²) in [6, 6.07) is 2.03. The van der Waals surface area contributed by atoms with Gasteiger partial charge < -0.3 is 5.32 Å². The van der Waals surface area contributed by atoms with Crippen LogP contribution >= 0.6 is 15.9 Å². The number of piperidine rings is 1. The predicted molar refractivity (Wildman–Crippen MR) is 72.5 cm³/mol. The highest BCUT2D eigenvalue weighted by Gasteiger charge is 2.29. The van der Waals surface area contributed by atoms with Crippen LogP contribution in [0.4, 0.5) is 14.5 Å². The zero-order valence-electron chi connectivity index (χ0n) is 9.92. The standard InChI is InChI=1S/C11H13BrF2N2O2S/c12-7-4-9(13)11(10(14)5-7)16-19(17,18)8-2-1-3-15-6-8/h4-5,8,15-16H,1-3,6H2. The Morgan fingerprint density at radius 1 is 1.32 bits per heavy atom. The van der Waals surface area contributed by atoms with E-state index in [1.54, 1.807) is 0 Å². The molecule has 4 nitrogen and oxygen atoms in total. The molecule has 0 bridgehead atoms. The van der Waals surface area contributed by atoms with Crippen LogP contribution in [0.25, 0.3) is 0 Å². The molecule has 1 saturated heterocycles. The molecule has 8 heteroatoms. The van der Waals surface area contributed by atoms with Crippen LogP contribution < -0.4 is 10.0 Å². The minimum atomic E-state index is -3.80. The third kappa shape index (κ3) is 3.43. The van der Waals surface area contributed by atoms with Gasteiger partial charge in [-0.2, -0.15) is 0 Å². The Morgan fingerprint density at radius 3 is 2.47 bits per heavy atom. The second kappa shape index (κ2) is 5.72. The van der Waals surface area contributed by atoms with E-state index < -0.39 is 32.6 Å². The van der Waals surface area contributed by atoms with Crippen molar-refractivity contribution in [1.29, 1.82) is 0 Å². The molecule has 0 amide bonds. The summed E-state index contributed by atoms with van der Waals surface area (Å²) in [7, 11) is -3.80. The molecule has 1 aromatic rings. The third-order valence-electron chi connectivity index (χ3n) is 2.94. The van der Waals surface area contributed by atoms with Crippen LogP contribution in [0.3, 0.4) is 0 Å². The Kier molecular flexibility index (Phi) is 4.42. The smallest absolute Gasteiger partial charge is 0.237 e. The van der Waals surface area contributed by atoms with E-state index in [2.05, 4.69) is 21.2 Å². The van der Waals surface area contributed by atoms with Gasteiger partial charge in [-0.1, -0.05) is 15.9 Å². The highest BCUT2D eigenvalue weighted by atomic mass is 79.9. The molecule has 1 unspecified atom stereocenters. The average Bonchev–Trinajstić information content (AvgIpc) is 2.35. The largest absolute Gasteiger partial charge is 0.315 e. The van der Waals surface area contributed by atoms with Gasteiger partial charge in [-0.3, -0.25) is 4.72 Å². The number of sulfonamides is 1. The lowest BCUT2D eigenvalue weighted by atomic mass is 10.2. The summed E-state index contributed by atoms with van der Waals surface area (Å²) in [5.41, 5.74) is -0.631. The fourth-order valence-electron chi connectivity index (χ4n) is 1.95. The van der Waals surface area contributed by atoms with Gasteiger partial charge in [0.1, 0.15) is 5.69 Å². The molecular formula is C11H13BrF2N2O2S. The molecule has 1 aliphatic rings. The zero-order chi connectivity index (χ0) is 14.0. The third-order valence-corrected chi connectivity index (χ3v) is 5.17. The van der Waals surface area contributed by atoms with Gasteiger partial charge >= 0.3 is 0 Å². The van der Waals surface area contributed by atoms with Crippen LogP contribution in [0, 0.1) is 11.6 Å². The van der Waals surface area contributed by atoms with Gasteiger partial charge in [0.25, 0.3) is 0 Å². The quantitative estimate of drug-likeness (QED) is 0.874. The lowest BCUT2D eigenvalue weighted by molar-refractivity contribution is 0.498. The Bertz CT molecular complexity index is 551. The summed E-state index contributed by atoms with van der Waals surface area (Å²) < 4.78 is 53.5. The Balaban J connectivity index is 2.25. The van der Waals surface area contributed by atoms with E-state index in [0.29, 0.717) is 6.42 Å². The fraction of sp³-hybridized carbons (Fsp3) is 0.455. The number of anilines is 1. The summed E-state index contributed by atoms with van der Waals surface area (Å²) in [4.78, 5) is 0. The summed E-state index contributed by atoms with van der Waals surface area (Å²) in [5.74, 6) is -1.89. The molecular weight excluding hydrogens is 342 g/mol. The SMILES string of the molecule is O=S(=O)(Nc1c(F)cc(Br)cc1F)C1CCCNC1. The van der Waals surface area contributed by atoms with Gasteiger partial charge in [-0.05, 0) is 31.5 Å². The molecule has 2 N–H and O–H groups in total. The number of rotatable bonds is 3. The zero-order valence-corrected chi connectivity index (χ0v) is 12.3. The number of benzene rings is 1. The Labute approximate surface area is 118 Å². The van der Waals surface area contributed by atoms with Crippen molar-refractivity contribution in [2.24, 2.45) is 0 Å². The van der Waals surface area contributed by atoms with Crippen molar-refractivity contribution in [1.82, 2.24) is 5.32 Å². The van der Waals surface area contributed by atoms with E-state index in [-0.39, 0.29) is 11.0 Å². The molecule has 19 heavy (non-hydrogen) atoms. The molecule has 0 aliphatic carbocycles. The molecule has 0 radical (unpaired) electrons. The molecule has 2 rings (SSSR count). The normalized spacial score (nSPS) is 20.3. The topological polar surface area (TPSA) is 58.2 Å². The molecule has 0 saturated carbocycles. The number of halogens is 3. The van der Waals surface area contributed by atoms with Gasteiger partial charge in [0.05, 0.1) is 5.25 Å². The second-order valence-electron chi connectivity index (χ2n) is 4.36. The second-order valence-corrected chi connectivity index (χ2v) is 7.24. The van der Waals surface area contributed by atoms with Crippen molar-refractivity contribution in [2.75, 3.05) is 17.8 Å². The summed E-state index contributed by atoms with van der Waals surface area (Å²) in [6.07, 6.45) is 1.19. The van der Waals surface area contributed by atoms with Gasteiger partial charge in [0.2, 0.25) is 10.0 Å². The highest BCUT2D eigenvalue weighted by molar-refractivity contribution is 9.10. The van der Waals surface area contributed by atoms with Gasteiger partial charge in [0.15, 0.2) is 11.6 Å². The van der Waals surface area contributed by atoms with Crippen LogP contribution in [0.2, 0.25) is 0 Å². The predicted octanol–water partition coefficient (Wildman–Crippen LogP) is 2.22. The fourth-order valence-corrected chi connectivity index (χ4v) is 3.81. The van der Waals surface area contributed by atoms with Crippen molar-refractivity contribution >= 4 is 31.6 Å². The van der Waals surface area contributed by atoms with Crippen LogP contribution in [-0.2, 0) is 10.0 Å². The van der Waals surface area contributed by atoms with E-state index >= 15 is 0 Å². The first-order valence-electron chi connectivity index (χ1n) is 5.77. The maximum Gasteiger partial charge on any atom is 0.237 e. The average molecular weight is 355 g/mol. The Morgan fingerprint density at radius 2 is 1.95 bits per heavy atom. The molecule has 106 valence electrons. The van der Waals surface area contributed by atoms with Crippen molar-refractivity contribution < 1.29 is 17.2 Å². The van der Waals surface area contributed by atoms with Crippen molar-refractivity contribution in [3.63, 3.8) is 0 Å². The van der Waals surface area contributed by atoms with Gasteiger partial charge in [-0.25, -0.2) is 17.2 Å². The van der Waals surface area contributed by atoms with Crippen LogP contribution in [0.5, 0.6) is 0 Å². The van der Waals surface area contributed by atoms with E-state index in [1.165, 1.54) is 0 Å². The maximum absolute atomic E-state index is 13.6. The molecule has 1 fully saturated rings. The maximum atomic E-state index is 13.6. The van der Waals surface area contributed by atoms with Crippen molar-refractivity contribution in [3.05, 3.63) is 28.2 Å². The lowest BCUT2D eigenvalue weighted by Crippen LogP contribution is -2.41.